The van der Waals surface area contributed by atoms with Crippen molar-refractivity contribution in [1.29, 1.82) is 0 Å². The lowest BCUT2D eigenvalue weighted by atomic mass is 10.0. The molecule has 1 unspecified atom stereocenters. The molecule has 0 heterocycles. The first-order chi connectivity index (χ1) is 34.5. The van der Waals surface area contributed by atoms with Crippen molar-refractivity contribution < 1.29 is 28.6 Å². The van der Waals surface area contributed by atoms with Gasteiger partial charge in [-0.3, -0.25) is 14.4 Å². The van der Waals surface area contributed by atoms with Gasteiger partial charge in [-0.15, -0.1) is 0 Å². The molecule has 6 heteroatoms. The van der Waals surface area contributed by atoms with E-state index < -0.39 is 6.10 Å². The number of ether oxygens (including phenoxy) is 3. The summed E-state index contributed by atoms with van der Waals surface area (Å²) in [4.78, 5) is 38.2. The molecule has 0 aromatic heterocycles. The molecule has 0 saturated heterocycles. The van der Waals surface area contributed by atoms with Crippen LogP contribution in [0, 0.1) is 0 Å². The average molecular weight is 980 g/mol. The minimum atomic E-state index is -0.783. The Bertz CT molecular complexity index is 1260. The van der Waals surface area contributed by atoms with Gasteiger partial charge in [0, 0.05) is 19.3 Å². The van der Waals surface area contributed by atoms with Gasteiger partial charge in [0.2, 0.25) is 0 Å². The summed E-state index contributed by atoms with van der Waals surface area (Å²) in [5, 5.41) is 0. The van der Waals surface area contributed by atoms with Gasteiger partial charge in [0.05, 0.1) is 0 Å². The number of unbranched alkanes of at least 4 members (excludes halogenated alkanes) is 34. The summed E-state index contributed by atoms with van der Waals surface area (Å²) >= 11 is 0. The van der Waals surface area contributed by atoms with E-state index in [1.54, 1.807) is 0 Å². The Morgan fingerprint density at radius 1 is 0.286 bits per heavy atom. The number of hydrogen-bond acceptors (Lipinski definition) is 6. The molecule has 0 saturated carbocycles. The molecule has 0 N–H and O–H groups in total. The van der Waals surface area contributed by atoms with Crippen LogP contribution in [0.3, 0.4) is 0 Å². The maximum Gasteiger partial charge on any atom is 0.306 e. The molecule has 0 aliphatic carbocycles. The van der Waals surface area contributed by atoms with E-state index in [-0.39, 0.29) is 31.1 Å². The average Bonchev–Trinajstić information content (AvgIpc) is 3.36. The Labute approximate surface area is 434 Å². The normalized spacial score (nSPS) is 12.4. The predicted molar refractivity (Wildman–Crippen MR) is 302 cm³/mol. The van der Waals surface area contributed by atoms with E-state index in [2.05, 4.69) is 81.5 Å². The Morgan fingerprint density at radius 3 is 0.843 bits per heavy atom. The van der Waals surface area contributed by atoms with Crippen LogP contribution in [0.25, 0.3) is 0 Å². The van der Waals surface area contributed by atoms with Crippen molar-refractivity contribution in [2.24, 2.45) is 0 Å². The molecule has 1 atom stereocenters. The lowest BCUT2D eigenvalue weighted by Crippen LogP contribution is -2.30. The van der Waals surface area contributed by atoms with Gasteiger partial charge >= 0.3 is 17.9 Å². The van der Waals surface area contributed by atoms with E-state index in [4.69, 9.17) is 14.2 Å². The maximum absolute atomic E-state index is 12.9. The van der Waals surface area contributed by atoms with Crippen LogP contribution in [-0.4, -0.2) is 37.2 Å². The SMILES string of the molecule is CCCCC/C=C\C/C=C\C/C=C\CCCCCCCCC(=O)OCC(COC(=O)CCCCCCCCCCCCCCCCC)OC(=O)CCCCCCCCC/C=C\C/C=C\CCCCCC. The van der Waals surface area contributed by atoms with Gasteiger partial charge < -0.3 is 14.2 Å². The molecule has 0 aliphatic heterocycles. The smallest absolute Gasteiger partial charge is 0.306 e. The van der Waals surface area contributed by atoms with Crippen LogP contribution < -0.4 is 0 Å². The first-order valence-corrected chi connectivity index (χ1v) is 30.3. The molecular formula is C64H114O6. The highest BCUT2D eigenvalue weighted by atomic mass is 16.6. The minimum Gasteiger partial charge on any atom is -0.462 e. The maximum atomic E-state index is 12.9. The van der Waals surface area contributed by atoms with Crippen molar-refractivity contribution in [1.82, 2.24) is 0 Å². The Kier molecular flexibility index (Phi) is 56.3. The summed E-state index contributed by atoms with van der Waals surface area (Å²) in [6.07, 6.45) is 73.5. The molecule has 0 aromatic rings. The number of rotatable bonds is 55. The third-order valence-corrected chi connectivity index (χ3v) is 13.2. The van der Waals surface area contributed by atoms with E-state index in [9.17, 15) is 14.4 Å². The third kappa shape index (κ3) is 56.0. The molecule has 6 nitrogen and oxygen atoms in total. The van der Waals surface area contributed by atoms with E-state index in [0.29, 0.717) is 19.3 Å². The zero-order valence-corrected chi connectivity index (χ0v) is 46.5. The highest BCUT2D eigenvalue weighted by molar-refractivity contribution is 5.71. The Hall–Kier alpha value is -2.89. The van der Waals surface area contributed by atoms with Crippen molar-refractivity contribution in [2.75, 3.05) is 13.2 Å². The monoisotopic (exact) mass is 979 g/mol. The summed E-state index contributed by atoms with van der Waals surface area (Å²) in [6.45, 7) is 6.62. The topological polar surface area (TPSA) is 78.9 Å². The van der Waals surface area contributed by atoms with E-state index in [0.717, 1.165) is 89.9 Å². The molecule has 0 fully saturated rings. The van der Waals surface area contributed by atoms with Gasteiger partial charge in [0.25, 0.3) is 0 Å². The van der Waals surface area contributed by atoms with E-state index in [1.165, 1.54) is 180 Å². The predicted octanol–water partition coefficient (Wildman–Crippen LogP) is 20.4. The molecule has 0 bridgehead atoms. The fourth-order valence-corrected chi connectivity index (χ4v) is 8.66. The van der Waals surface area contributed by atoms with Gasteiger partial charge in [-0.2, -0.15) is 0 Å². The fourth-order valence-electron chi connectivity index (χ4n) is 8.66. The van der Waals surface area contributed by atoms with Gasteiger partial charge in [-0.1, -0.05) is 261 Å². The molecule has 0 aromatic carbocycles. The van der Waals surface area contributed by atoms with Crippen LogP contribution in [0.15, 0.2) is 60.8 Å². The molecule has 70 heavy (non-hydrogen) atoms. The number of hydrogen-bond donors (Lipinski definition) is 0. The van der Waals surface area contributed by atoms with Crippen molar-refractivity contribution in [3.8, 4) is 0 Å². The molecule has 0 spiro atoms. The highest BCUT2D eigenvalue weighted by Gasteiger charge is 2.19. The molecular weight excluding hydrogens is 865 g/mol. The summed E-state index contributed by atoms with van der Waals surface area (Å²) < 4.78 is 16.9. The van der Waals surface area contributed by atoms with Crippen molar-refractivity contribution in [2.45, 2.75) is 316 Å². The van der Waals surface area contributed by atoms with Crippen LogP contribution in [-0.2, 0) is 28.6 Å². The number of allylic oxidation sites excluding steroid dienone is 10. The standard InChI is InChI=1S/C64H114O6/c1-4-7-10-13-16-19-22-25-28-30-32-34-36-39-42-45-48-51-54-57-63(66)69-60-61(59-68-62(65)56-53-50-47-44-41-38-35-27-24-21-18-15-12-9-6-3)70-64(67)58-55-52-49-46-43-40-37-33-31-29-26-23-20-17-14-11-8-5-2/h16,19-20,23,25,28-29,31-32,34,61H,4-15,17-18,21-22,24,26-27,30,33,35-60H2,1-3H3/b19-16-,23-20-,28-25-,31-29-,34-32-. The zero-order valence-electron chi connectivity index (χ0n) is 46.5. The van der Waals surface area contributed by atoms with Gasteiger partial charge in [-0.25, -0.2) is 0 Å². The second-order valence-corrected chi connectivity index (χ2v) is 20.3. The zero-order chi connectivity index (χ0) is 50.7. The first-order valence-electron chi connectivity index (χ1n) is 30.3. The van der Waals surface area contributed by atoms with E-state index >= 15 is 0 Å². The molecule has 0 radical (unpaired) electrons. The van der Waals surface area contributed by atoms with Gasteiger partial charge in [0.1, 0.15) is 13.2 Å². The van der Waals surface area contributed by atoms with Crippen molar-refractivity contribution in [3.05, 3.63) is 60.8 Å². The lowest BCUT2D eigenvalue weighted by molar-refractivity contribution is -0.167. The lowest BCUT2D eigenvalue weighted by Gasteiger charge is -2.18. The summed E-state index contributed by atoms with van der Waals surface area (Å²) in [6, 6.07) is 0. The summed E-state index contributed by atoms with van der Waals surface area (Å²) in [5.41, 5.74) is 0. The molecule has 0 aliphatic rings. The van der Waals surface area contributed by atoms with Crippen LogP contribution >= 0.6 is 0 Å². The Balaban J connectivity index is 4.40. The first kappa shape index (κ1) is 67.1. The molecule has 0 rings (SSSR count). The molecule has 0 amide bonds. The summed E-state index contributed by atoms with van der Waals surface area (Å²) in [5.74, 6) is -0.885. The van der Waals surface area contributed by atoms with Crippen LogP contribution in [0.2, 0.25) is 0 Å². The largest absolute Gasteiger partial charge is 0.462 e. The number of carbonyl (C=O) groups excluding carboxylic acids is 3. The van der Waals surface area contributed by atoms with Gasteiger partial charge in [0.15, 0.2) is 6.10 Å². The second-order valence-electron chi connectivity index (χ2n) is 20.3. The minimum absolute atomic E-state index is 0.0790. The Morgan fingerprint density at radius 2 is 0.514 bits per heavy atom. The fraction of sp³-hybridized carbons (Fsp3) is 0.797. The number of esters is 3. The third-order valence-electron chi connectivity index (χ3n) is 13.2. The van der Waals surface area contributed by atoms with E-state index in [1.807, 2.05) is 0 Å². The summed E-state index contributed by atoms with van der Waals surface area (Å²) in [7, 11) is 0. The van der Waals surface area contributed by atoms with Crippen LogP contribution in [0.4, 0.5) is 0 Å². The number of carbonyl (C=O) groups is 3. The quantitative estimate of drug-likeness (QED) is 0.0261. The van der Waals surface area contributed by atoms with Crippen molar-refractivity contribution >= 4 is 17.9 Å². The second kappa shape index (κ2) is 58.7. The highest BCUT2D eigenvalue weighted by Crippen LogP contribution is 2.16. The van der Waals surface area contributed by atoms with Gasteiger partial charge in [-0.05, 0) is 89.9 Å². The molecule has 406 valence electrons. The van der Waals surface area contributed by atoms with Crippen molar-refractivity contribution in [3.63, 3.8) is 0 Å². The van der Waals surface area contributed by atoms with Crippen LogP contribution in [0.1, 0.15) is 310 Å². The van der Waals surface area contributed by atoms with Crippen LogP contribution in [0.5, 0.6) is 0 Å².